The average molecular weight is 412 g/mol. The zero-order chi connectivity index (χ0) is 21.1. The van der Waals surface area contributed by atoms with Crippen molar-refractivity contribution in [1.82, 2.24) is 0 Å². The van der Waals surface area contributed by atoms with Gasteiger partial charge in [0, 0.05) is 17.0 Å². The van der Waals surface area contributed by atoms with E-state index in [-0.39, 0.29) is 6.79 Å². The third-order valence-electron chi connectivity index (χ3n) is 6.08. The first-order valence-corrected chi connectivity index (χ1v) is 9.91. The third kappa shape index (κ3) is 2.51. The van der Waals surface area contributed by atoms with Gasteiger partial charge in [0.25, 0.3) is 0 Å². The van der Waals surface area contributed by atoms with Crippen molar-refractivity contribution in [2.45, 2.75) is 11.8 Å². The van der Waals surface area contributed by atoms with Gasteiger partial charge in [-0.2, -0.15) is 0 Å². The molecule has 1 aromatic heterocycles. The van der Waals surface area contributed by atoms with Crippen LogP contribution in [-0.2, 0) is 4.79 Å². The Hall–Kier alpha value is -4.06. The minimum atomic E-state index is -0.948. The summed E-state index contributed by atoms with van der Waals surface area (Å²) < 4.78 is 16.8. The molecule has 152 valence electrons. The van der Waals surface area contributed by atoms with E-state index in [9.17, 15) is 14.7 Å². The van der Waals surface area contributed by atoms with E-state index in [4.69, 9.17) is 13.9 Å². The fraction of sp³-hybridized carbons (Fsp3) is 0.120. The van der Waals surface area contributed by atoms with Crippen molar-refractivity contribution >= 4 is 16.7 Å². The second-order valence-electron chi connectivity index (χ2n) is 7.67. The Kier molecular flexibility index (Phi) is 3.71. The Bertz CT molecular complexity index is 1430. The summed E-state index contributed by atoms with van der Waals surface area (Å²) in [5, 5.41) is 11.4. The van der Waals surface area contributed by atoms with E-state index in [1.54, 1.807) is 36.4 Å². The largest absolute Gasteiger partial charge is 0.481 e. The van der Waals surface area contributed by atoms with Crippen LogP contribution in [0.3, 0.4) is 0 Å². The van der Waals surface area contributed by atoms with Gasteiger partial charge < -0.3 is 19.0 Å². The van der Waals surface area contributed by atoms with Gasteiger partial charge in [-0.15, -0.1) is 0 Å². The second-order valence-corrected chi connectivity index (χ2v) is 7.67. The number of hydrogen-bond donors (Lipinski definition) is 1. The fourth-order valence-electron chi connectivity index (χ4n) is 4.79. The molecule has 6 rings (SSSR count). The molecule has 6 nitrogen and oxygen atoms in total. The highest BCUT2D eigenvalue weighted by molar-refractivity contribution is 5.95. The standard InChI is InChI=1S/C25H16O6/c26-24(27)22-14-5-1-3-7-16(14)23-21(15-6-2-4-8-17(15)25(28)31-23)20(22)13-9-10-18-19(11-13)30-12-29-18/h1-11,20,22H,12H2,(H,26,27)/t20-,22-/m1/s1. The van der Waals surface area contributed by atoms with Crippen molar-refractivity contribution in [3.05, 3.63) is 93.8 Å². The van der Waals surface area contributed by atoms with Gasteiger partial charge in [-0.1, -0.05) is 48.5 Å². The van der Waals surface area contributed by atoms with Crippen LogP contribution < -0.4 is 15.1 Å². The van der Waals surface area contributed by atoms with E-state index in [2.05, 4.69) is 0 Å². The van der Waals surface area contributed by atoms with E-state index >= 15 is 0 Å². The lowest BCUT2D eigenvalue weighted by Gasteiger charge is -2.33. The van der Waals surface area contributed by atoms with Crippen molar-refractivity contribution in [1.29, 1.82) is 0 Å². The van der Waals surface area contributed by atoms with Crippen LogP contribution in [-0.4, -0.2) is 17.9 Å². The van der Waals surface area contributed by atoms with Gasteiger partial charge in [-0.05, 0) is 34.7 Å². The monoisotopic (exact) mass is 412 g/mol. The van der Waals surface area contributed by atoms with Gasteiger partial charge in [0.05, 0.1) is 11.3 Å². The Morgan fingerprint density at radius 2 is 1.65 bits per heavy atom. The van der Waals surface area contributed by atoms with Gasteiger partial charge >= 0.3 is 11.6 Å². The highest BCUT2D eigenvalue weighted by Crippen LogP contribution is 2.52. The van der Waals surface area contributed by atoms with Crippen LogP contribution in [0.4, 0.5) is 0 Å². The topological polar surface area (TPSA) is 86.0 Å². The smallest absolute Gasteiger partial charge is 0.344 e. The molecule has 0 spiro atoms. The minimum Gasteiger partial charge on any atom is -0.481 e. The average Bonchev–Trinajstić information content (AvgIpc) is 3.26. The molecule has 2 heterocycles. The molecule has 0 saturated carbocycles. The third-order valence-corrected chi connectivity index (χ3v) is 6.08. The summed E-state index contributed by atoms with van der Waals surface area (Å²) in [6.45, 7) is 0.128. The van der Waals surface area contributed by atoms with E-state index in [1.807, 2.05) is 30.3 Å². The first-order chi connectivity index (χ1) is 15.1. The van der Waals surface area contributed by atoms with Crippen LogP contribution in [0, 0.1) is 0 Å². The molecule has 3 aromatic carbocycles. The summed E-state index contributed by atoms with van der Waals surface area (Å²) in [7, 11) is 0. The lowest BCUT2D eigenvalue weighted by atomic mass is 9.69. The molecule has 0 amide bonds. The number of ether oxygens (including phenoxy) is 2. The van der Waals surface area contributed by atoms with Crippen molar-refractivity contribution in [2.24, 2.45) is 0 Å². The molecule has 1 aliphatic carbocycles. The molecule has 2 atom stereocenters. The SMILES string of the molecule is O=C(O)[C@@H]1c2ccccc2-c2oc(=O)c3ccccc3c2[C@H]1c1ccc2c(c1)OCO2. The van der Waals surface area contributed by atoms with E-state index < -0.39 is 23.4 Å². The summed E-state index contributed by atoms with van der Waals surface area (Å²) in [5.74, 6) is -0.776. The van der Waals surface area contributed by atoms with Crippen LogP contribution in [0.1, 0.15) is 28.5 Å². The molecule has 31 heavy (non-hydrogen) atoms. The number of carboxylic acids is 1. The second kappa shape index (κ2) is 6.47. The van der Waals surface area contributed by atoms with Crippen LogP contribution >= 0.6 is 0 Å². The molecule has 0 fully saturated rings. The normalized spacial score (nSPS) is 18.5. The van der Waals surface area contributed by atoms with Crippen molar-refractivity contribution in [3.63, 3.8) is 0 Å². The summed E-state index contributed by atoms with van der Waals surface area (Å²) >= 11 is 0. The number of rotatable bonds is 2. The molecule has 1 N–H and O–H groups in total. The van der Waals surface area contributed by atoms with Crippen LogP contribution in [0.15, 0.2) is 75.9 Å². The highest BCUT2D eigenvalue weighted by Gasteiger charge is 2.42. The molecule has 1 aliphatic heterocycles. The Morgan fingerprint density at radius 1 is 0.903 bits per heavy atom. The molecule has 0 radical (unpaired) electrons. The lowest BCUT2D eigenvalue weighted by molar-refractivity contribution is -0.139. The zero-order valence-corrected chi connectivity index (χ0v) is 16.2. The van der Waals surface area contributed by atoms with Gasteiger partial charge in [-0.25, -0.2) is 4.79 Å². The van der Waals surface area contributed by atoms with Gasteiger partial charge in [0.1, 0.15) is 5.76 Å². The quantitative estimate of drug-likeness (QED) is 0.522. The Balaban J connectivity index is 1.74. The number of benzene rings is 3. The molecular weight excluding hydrogens is 396 g/mol. The number of fused-ring (bicyclic) bond motifs is 6. The molecule has 0 unspecified atom stereocenters. The van der Waals surface area contributed by atoms with Crippen molar-refractivity contribution in [3.8, 4) is 22.8 Å². The first kappa shape index (κ1) is 17.8. The number of carbonyl (C=O) groups is 1. The van der Waals surface area contributed by atoms with Crippen molar-refractivity contribution < 1.29 is 23.8 Å². The summed E-state index contributed by atoms with van der Waals surface area (Å²) in [4.78, 5) is 25.4. The number of aliphatic carboxylic acids is 1. The van der Waals surface area contributed by atoms with Crippen molar-refractivity contribution in [2.75, 3.05) is 6.79 Å². The Labute approximate surface area is 176 Å². The molecule has 2 aliphatic rings. The summed E-state index contributed by atoms with van der Waals surface area (Å²) in [5.41, 5.74) is 2.25. The van der Waals surface area contributed by atoms with Crippen LogP contribution in [0.25, 0.3) is 22.1 Å². The highest BCUT2D eigenvalue weighted by atomic mass is 16.7. The van der Waals surface area contributed by atoms with E-state index in [1.165, 1.54) is 0 Å². The summed E-state index contributed by atoms with van der Waals surface area (Å²) in [6, 6.07) is 19.8. The predicted molar refractivity (Wildman–Crippen MR) is 113 cm³/mol. The van der Waals surface area contributed by atoms with Crippen LogP contribution in [0.5, 0.6) is 11.5 Å². The lowest BCUT2D eigenvalue weighted by Crippen LogP contribution is -2.26. The number of carboxylic acid groups (broad SMARTS) is 1. The first-order valence-electron chi connectivity index (χ1n) is 9.91. The van der Waals surface area contributed by atoms with E-state index in [0.717, 1.165) is 5.56 Å². The van der Waals surface area contributed by atoms with E-state index in [0.29, 0.717) is 44.7 Å². The summed E-state index contributed by atoms with van der Waals surface area (Å²) in [6.07, 6.45) is 0. The fourth-order valence-corrected chi connectivity index (χ4v) is 4.79. The molecule has 0 bridgehead atoms. The Morgan fingerprint density at radius 3 is 2.48 bits per heavy atom. The zero-order valence-electron chi connectivity index (χ0n) is 16.2. The van der Waals surface area contributed by atoms with Gasteiger partial charge in [0.15, 0.2) is 11.5 Å². The minimum absolute atomic E-state index is 0.128. The maximum atomic E-state index is 12.8. The van der Waals surface area contributed by atoms with Gasteiger partial charge in [0.2, 0.25) is 6.79 Å². The predicted octanol–water partition coefficient (Wildman–Crippen LogP) is 4.50. The molecule has 6 heteroatoms. The molecule has 4 aromatic rings. The maximum absolute atomic E-state index is 12.8. The van der Waals surface area contributed by atoms with Crippen LogP contribution in [0.2, 0.25) is 0 Å². The molecule has 0 saturated heterocycles. The van der Waals surface area contributed by atoms with Gasteiger partial charge in [-0.3, -0.25) is 4.79 Å². The number of hydrogen-bond acceptors (Lipinski definition) is 5. The molecular formula is C25H16O6. The maximum Gasteiger partial charge on any atom is 0.344 e.